The Kier molecular flexibility index (Phi) is 5.21. The Bertz CT molecular complexity index is 296. The Hall–Kier alpha value is -0.126. The Labute approximate surface area is 115 Å². The van der Waals surface area contributed by atoms with Gasteiger partial charge in [0.15, 0.2) is 7.83 Å². The summed E-state index contributed by atoms with van der Waals surface area (Å²) in [5, 5.41) is 0. The van der Waals surface area contributed by atoms with Crippen LogP contribution in [0.2, 0.25) is 30.2 Å². The van der Waals surface area contributed by atoms with Gasteiger partial charge in [-0.15, -0.1) is 0 Å². The third-order valence-corrected chi connectivity index (χ3v) is 25.5. The fourth-order valence-electron chi connectivity index (χ4n) is 3.95. The molecule has 0 unspecified atom stereocenters. The zero-order valence-corrected chi connectivity index (χ0v) is 14.7. The van der Waals surface area contributed by atoms with Crippen LogP contribution >= 0.6 is 0 Å². The second kappa shape index (κ2) is 5.89. The van der Waals surface area contributed by atoms with Gasteiger partial charge in [-0.1, -0.05) is 71.1 Å². The lowest BCUT2D eigenvalue weighted by atomic mass is 10.0. The van der Waals surface area contributed by atoms with Gasteiger partial charge >= 0.3 is 0 Å². The van der Waals surface area contributed by atoms with Gasteiger partial charge < -0.3 is 4.43 Å². The van der Waals surface area contributed by atoms with E-state index in [1.54, 1.807) is 0 Å². The summed E-state index contributed by atoms with van der Waals surface area (Å²) in [6.45, 7) is 17.5. The van der Waals surface area contributed by atoms with Crippen LogP contribution in [0.3, 0.4) is 0 Å². The van der Waals surface area contributed by atoms with E-state index < -0.39 is 15.4 Å². The SMILES string of the molecule is C=CC1(C=C)CC[Si](CC)(CC)[Si](CC)(CC)O1. The maximum atomic E-state index is 6.82. The smallest absolute Gasteiger partial charge is 0.181 e. The van der Waals surface area contributed by atoms with E-state index in [-0.39, 0.29) is 5.60 Å². The van der Waals surface area contributed by atoms with Gasteiger partial charge in [0.2, 0.25) is 0 Å². The largest absolute Gasteiger partial charge is 0.407 e. The summed E-state index contributed by atoms with van der Waals surface area (Å²) in [4.78, 5) is 0. The van der Waals surface area contributed by atoms with Crippen molar-refractivity contribution in [3.8, 4) is 0 Å². The Morgan fingerprint density at radius 1 is 1.00 bits per heavy atom. The third kappa shape index (κ3) is 2.21. The zero-order valence-electron chi connectivity index (χ0n) is 12.7. The van der Waals surface area contributed by atoms with Gasteiger partial charge in [-0.25, -0.2) is 0 Å². The summed E-state index contributed by atoms with van der Waals surface area (Å²) in [7, 11) is -2.80. The van der Waals surface area contributed by atoms with Crippen molar-refractivity contribution in [3.05, 3.63) is 25.3 Å². The summed E-state index contributed by atoms with van der Waals surface area (Å²) < 4.78 is 6.82. The molecule has 1 fully saturated rings. The number of rotatable bonds is 6. The van der Waals surface area contributed by atoms with Crippen molar-refractivity contribution in [2.75, 3.05) is 0 Å². The quantitative estimate of drug-likeness (QED) is 0.488. The zero-order chi connectivity index (χ0) is 13.9. The molecule has 0 spiro atoms. The highest BCUT2D eigenvalue weighted by Crippen LogP contribution is 2.47. The van der Waals surface area contributed by atoms with E-state index in [1.807, 2.05) is 12.2 Å². The van der Waals surface area contributed by atoms with Crippen LogP contribution in [0.1, 0.15) is 34.1 Å². The van der Waals surface area contributed by atoms with Crippen molar-refractivity contribution in [1.82, 2.24) is 0 Å². The molecule has 3 heteroatoms. The Morgan fingerprint density at radius 2 is 1.50 bits per heavy atom. The highest BCUT2D eigenvalue weighted by Gasteiger charge is 2.58. The van der Waals surface area contributed by atoms with E-state index in [0.717, 1.165) is 6.42 Å². The first-order chi connectivity index (χ1) is 8.53. The van der Waals surface area contributed by atoms with Crippen LogP contribution in [0.5, 0.6) is 0 Å². The Balaban J connectivity index is 3.22. The van der Waals surface area contributed by atoms with Crippen LogP contribution in [-0.2, 0) is 4.43 Å². The first kappa shape index (κ1) is 15.9. The van der Waals surface area contributed by atoms with Crippen LogP contribution in [0.15, 0.2) is 25.3 Å². The van der Waals surface area contributed by atoms with E-state index in [0.29, 0.717) is 0 Å². The molecule has 1 saturated heterocycles. The van der Waals surface area contributed by atoms with Crippen LogP contribution in [-0.4, -0.2) is 21.0 Å². The lowest BCUT2D eigenvalue weighted by molar-refractivity contribution is 0.150. The summed E-state index contributed by atoms with van der Waals surface area (Å²) in [5.41, 5.74) is -0.223. The van der Waals surface area contributed by atoms with Crippen LogP contribution in [0, 0.1) is 0 Å². The molecule has 0 amide bonds. The monoisotopic (exact) mass is 282 g/mol. The molecule has 0 aromatic carbocycles. The second-order valence-electron chi connectivity index (χ2n) is 5.65. The molecule has 0 saturated carbocycles. The van der Waals surface area contributed by atoms with Crippen molar-refractivity contribution in [1.29, 1.82) is 0 Å². The maximum absolute atomic E-state index is 6.82. The van der Waals surface area contributed by atoms with E-state index in [2.05, 4.69) is 40.9 Å². The van der Waals surface area contributed by atoms with Crippen molar-refractivity contribution in [3.63, 3.8) is 0 Å². The van der Waals surface area contributed by atoms with Gasteiger partial charge in [0.1, 0.15) is 0 Å². The van der Waals surface area contributed by atoms with E-state index in [4.69, 9.17) is 4.43 Å². The van der Waals surface area contributed by atoms with Gasteiger partial charge in [-0.3, -0.25) is 0 Å². The standard InChI is InChI=1S/C15H30OSi2/c1-7-15(8-2)13-14-17(9-3,10-4)18(11-5,12-6)16-15/h7-8H,1-2,9-14H2,3-6H3. The predicted octanol–water partition coefficient (Wildman–Crippen LogP) is 5.07. The fourth-order valence-corrected chi connectivity index (χ4v) is 22.6. The van der Waals surface area contributed by atoms with Crippen LogP contribution in [0.4, 0.5) is 0 Å². The second-order valence-corrected chi connectivity index (χ2v) is 19.7. The maximum Gasteiger partial charge on any atom is 0.181 e. The van der Waals surface area contributed by atoms with Crippen LogP contribution in [0.25, 0.3) is 0 Å². The van der Waals surface area contributed by atoms with Crippen molar-refractivity contribution >= 4 is 15.4 Å². The molecule has 0 aromatic heterocycles. The normalized spacial score (nSPS) is 24.4. The minimum Gasteiger partial charge on any atom is -0.407 e. The molecule has 1 aliphatic heterocycles. The number of hydrogen-bond acceptors (Lipinski definition) is 1. The molecule has 1 aliphatic rings. The van der Waals surface area contributed by atoms with Gasteiger partial charge in [-0.05, 0) is 18.5 Å². The summed E-state index contributed by atoms with van der Waals surface area (Å²) in [6.07, 6.45) is 5.11. The first-order valence-corrected chi connectivity index (χ1v) is 13.4. The topological polar surface area (TPSA) is 9.23 Å². The molecular weight excluding hydrogens is 252 g/mol. The predicted molar refractivity (Wildman–Crippen MR) is 87.1 cm³/mol. The molecule has 0 aliphatic carbocycles. The highest BCUT2D eigenvalue weighted by molar-refractivity contribution is 7.40. The minimum atomic E-state index is -1.59. The molecule has 1 rings (SSSR count). The molecule has 1 nitrogen and oxygen atoms in total. The number of hydrogen-bond donors (Lipinski definition) is 0. The summed E-state index contributed by atoms with van der Waals surface area (Å²) in [6, 6.07) is 6.72. The molecule has 1 heterocycles. The molecule has 0 N–H and O–H groups in total. The molecule has 0 atom stereocenters. The summed E-state index contributed by atoms with van der Waals surface area (Å²) >= 11 is 0. The lowest BCUT2D eigenvalue weighted by Gasteiger charge is -2.55. The van der Waals surface area contributed by atoms with Crippen LogP contribution < -0.4 is 0 Å². The van der Waals surface area contributed by atoms with E-state index >= 15 is 0 Å². The van der Waals surface area contributed by atoms with Crippen molar-refractivity contribution in [2.45, 2.75) is 69.9 Å². The van der Waals surface area contributed by atoms with Gasteiger partial charge in [0, 0.05) is 0 Å². The Morgan fingerprint density at radius 3 is 1.83 bits per heavy atom. The average molecular weight is 283 g/mol. The van der Waals surface area contributed by atoms with Gasteiger partial charge in [0.25, 0.3) is 0 Å². The van der Waals surface area contributed by atoms with Gasteiger partial charge in [-0.2, -0.15) is 0 Å². The highest BCUT2D eigenvalue weighted by atomic mass is 29.3. The molecule has 0 bridgehead atoms. The minimum absolute atomic E-state index is 0.223. The summed E-state index contributed by atoms with van der Waals surface area (Å²) in [5.74, 6) is 0. The van der Waals surface area contributed by atoms with Crippen molar-refractivity contribution < 1.29 is 4.43 Å². The molecule has 0 radical (unpaired) electrons. The molecule has 104 valence electrons. The third-order valence-electron chi connectivity index (χ3n) is 5.53. The average Bonchev–Trinajstić information content (AvgIpc) is 2.46. The van der Waals surface area contributed by atoms with E-state index in [1.165, 1.54) is 30.2 Å². The first-order valence-electron chi connectivity index (χ1n) is 7.50. The van der Waals surface area contributed by atoms with Gasteiger partial charge in [0.05, 0.1) is 13.2 Å². The fraction of sp³-hybridized carbons (Fsp3) is 0.733. The molecule has 0 aromatic rings. The van der Waals surface area contributed by atoms with Crippen molar-refractivity contribution in [2.24, 2.45) is 0 Å². The molecular formula is C15H30OSi2. The lowest BCUT2D eigenvalue weighted by Crippen LogP contribution is -2.69. The van der Waals surface area contributed by atoms with E-state index in [9.17, 15) is 0 Å². The molecule has 18 heavy (non-hydrogen) atoms.